The summed E-state index contributed by atoms with van der Waals surface area (Å²) in [5.41, 5.74) is 7.54. The maximum atomic E-state index is 7.54. The summed E-state index contributed by atoms with van der Waals surface area (Å²) in [7, 11) is -2.10. The predicted octanol–water partition coefficient (Wildman–Crippen LogP) is 0.628. The van der Waals surface area contributed by atoms with Crippen molar-refractivity contribution in [3.05, 3.63) is 5.73 Å². The summed E-state index contributed by atoms with van der Waals surface area (Å²) < 4.78 is 0. The Morgan fingerprint density at radius 2 is 1.17 bits per heavy atom. The summed E-state index contributed by atoms with van der Waals surface area (Å²) in [4.78, 5) is 0. The van der Waals surface area contributed by atoms with Crippen molar-refractivity contribution in [2.24, 2.45) is 0 Å². The topological polar surface area (TPSA) is 23.8 Å². The minimum atomic E-state index is -1.05. The Morgan fingerprint density at radius 3 is 1.17 bits per heavy atom. The molecule has 0 fully saturated rings. The van der Waals surface area contributed by atoms with Gasteiger partial charge < -0.3 is 5.73 Å². The Balaban J connectivity index is 0. The first-order valence-electron chi connectivity index (χ1n) is 4.34. The molecule has 0 rings (SSSR count). The molecule has 68 valence electrons. The Morgan fingerprint density at radius 1 is 0.917 bits per heavy atom. The Kier molecular flexibility index (Phi) is 6.47. The second-order valence-corrected chi connectivity index (χ2v) is 16.9. The van der Waals surface area contributed by atoms with Gasteiger partial charge in [-0.3, -0.25) is 0 Å². The Labute approximate surface area is 91.7 Å². The van der Waals surface area contributed by atoms with Crippen LogP contribution in [0.5, 0.6) is 0 Å². The number of rotatable bonds is 3. The van der Waals surface area contributed by atoms with E-state index in [1.54, 1.807) is 0 Å². The van der Waals surface area contributed by atoms with E-state index in [1.165, 1.54) is 0 Å². The van der Waals surface area contributed by atoms with E-state index in [4.69, 9.17) is 5.73 Å². The summed E-state index contributed by atoms with van der Waals surface area (Å²) >= 11 is 0. The molecule has 0 aliphatic carbocycles. The average Bonchev–Trinajstić information content (AvgIpc) is 1.56. The van der Waals surface area contributed by atoms with E-state index in [2.05, 4.69) is 39.3 Å². The van der Waals surface area contributed by atoms with Gasteiger partial charge in [-0.1, -0.05) is 44.4 Å². The number of hydrogen-bond donors (Lipinski definition) is 0. The van der Waals surface area contributed by atoms with E-state index in [-0.39, 0.29) is 18.9 Å². The van der Waals surface area contributed by atoms with E-state index in [0.29, 0.717) is 6.54 Å². The van der Waals surface area contributed by atoms with Gasteiger partial charge in [-0.05, 0) is 0 Å². The van der Waals surface area contributed by atoms with E-state index in [9.17, 15) is 0 Å². The van der Waals surface area contributed by atoms with Crippen LogP contribution in [0.3, 0.4) is 0 Å². The smallest absolute Gasteiger partial charge is 0.678 e. The first kappa shape index (κ1) is 15.5. The number of hydrogen-bond acceptors (Lipinski definition) is 0. The van der Waals surface area contributed by atoms with Crippen LogP contribution < -0.4 is 18.9 Å². The maximum absolute atomic E-state index is 7.54. The predicted molar refractivity (Wildman–Crippen MR) is 59.6 cm³/mol. The Bertz CT molecular complexity index is 112. The van der Waals surface area contributed by atoms with E-state index < -0.39 is 16.1 Å². The third-order valence-corrected chi connectivity index (χ3v) is 12.1. The third kappa shape index (κ3) is 4.88. The van der Waals surface area contributed by atoms with Crippen LogP contribution in [0.2, 0.25) is 44.4 Å². The van der Waals surface area contributed by atoms with Gasteiger partial charge >= 0.3 is 18.9 Å². The standard InChI is InChI=1S/C8H22NSi2.Li/c1-10(2,3)8(7-9)11(4,5)6;/h8-9H,7H2,1-6H3;/q-1;+1. The van der Waals surface area contributed by atoms with Gasteiger partial charge in [0.15, 0.2) is 0 Å². The van der Waals surface area contributed by atoms with Crippen molar-refractivity contribution in [3.63, 3.8) is 0 Å². The summed E-state index contributed by atoms with van der Waals surface area (Å²) in [5.74, 6) is 0. The van der Waals surface area contributed by atoms with Gasteiger partial charge in [-0.2, -0.15) is 6.54 Å². The zero-order valence-corrected chi connectivity index (χ0v) is 11.8. The van der Waals surface area contributed by atoms with Gasteiger partial charge in [0.05, 0.1) is 0 Å². The van der Waals surface area contributed by atoms with Crippen LogP contribution in [-0.2, 0) is 0 Å². The summed E-state index contributed by atoms with van der Waals surface area (Å²) in [6.45, 7) is 15.0. The zero-order valence-electron chi connectivity index (χ0n) is 9.78. The van der Waals surface area contributed by atoms with Crippen molar-refractivity contribution in [2.45, 2.75) is 44.4 Å². The van der Waals surface area contributed by atoms with Crippen molar-refractivity contribution in [1.82, 2.24) is 0 Å². The molecule has 0 atom stereocenters. The van der Waals surface area contributed by atoms with Crippen LogP contribution >= 0.6 is 0 Å². The molecule has 0 saturated carbocycles. The molecule has 0 heterocycles. The zero-order chi connectivity index (χ0) is 9.28. The van der Waals surface area contributed by atoms with Gasteiger partial charge in [-0.15, -0.1) is 0 Å². The molecular weight excluding hydrogens is 173 g/mol. The van der Waals surface area contributed by atoms with Gasteiger partial charge in [0.2, 0.25) is 0 Å². The molecular formula is C8H22LiNSi2. The normalized spacial score (nSPS) is 13.0. The molecule has 0 aromatic heterocycles. The van der Waals surface area contributed by atoms with Gasteiger partial charge in [0.25, 0.3) is 0 Å². The summed E-state index contributed by atoms with van der Waals surface area (Å²) in [6, 6.07) is 0. The molecule has 0 saturated heterocycles. The minimum absolute atomic E-state index is 0. The molecule has 0 spiro atoms. The van der Waals surface area contributed by atoms with Crippen LogP contribution in [0.4, 0.5) is 0 Å². The minimum Gasteiger partial charge on any atom is -0.678 e. The molecule has 0 amide bonds. The first-order valence-corrected chi connectivity index (χ1v) is 11.5. The van der Waals surface area contributed by atoms with Crippen LogP contribution in [0.1, 0.15) is 0 Å². The van der Waals surface area contributed by atoms with Crippen LogP contribution in [0.25, 0.3) is 5.73 Å². The summed E-state index contributed by atoms with van der Waals surface area (Å²) in [5, 5.41) is 0.759. The van der Waals surface area contributed by atoms with Crippen LogP contribution in [-0.4, -0.2) is 22.7 Å². The molecule has 0 aliphatic heterocycles. The van der Waals surface area contributed by atoms with E-state index in [1.807, 2.05) is 0 Å². The fraction of sp³-hybridized carbons (Fsp3) is 1.00. The van der Waals surface area contributed by atoms with Gasteiger partial charge in [0.1, 0.15) is 0 Å². The molecule has 4 heteroatoms. The first-order chi connectivity index (χ1) is 4.69. The molecule has 0 unspecified atom stereocenters. The molecule has 12 heavy (non-hydrogen) atoms. The molecule has 0 radical (unpaired) electrons. The van der Waals surface area contributed by atoms with E-state index in [0.717, 1.165) is 5.16 Å². The average molecular weight is 195 g/mol. The largest absolute Gasteiger partial charge is 1.00 e. The molecule has 0 aromatic carbocycles. The second kappa shape index (κ2) is 5.02. The monoisotopic (exact) mass is 195 g/mol. The Hall–Kier alpha value is 0.991. The van der Waals surface area contributed by atoms with Crippen molar-refractivity contribution in [1.29, 1.82) is 0 Å². The molecule has 1 nitrogen and oxygen atoms in total. The van der Waals surface area contributed by atoms with Gasteiger partial charge in [-0.25, -0.2) is 0 Å². The quantitative estimate of drug-likeness (QED) is 0.590. The molecule has 0 aliphatic rings. The van der Waals surface area contributed by atoms with Crippen molar-refractivity contribution >= 4 is 16.1 Å². The van der Waals surface area contributed by atoms with Crippen LogP contribution in [0.15, 0.2) is 0 Å². The fourth-order valence-electron chi connectivity index (χ4n) is 1.91. The third-order valence-electron chi connectivity index (χ3n) is 2.29. The van der Waals surface area contributed by atoms with E-state index >= 15 is 0 Å². The maximum Gasteiger partial charge on any atom is 1.00 e. The van der Waals surface area contributed by atoms with Crippen molar-refractivity contribution < 1.29 is 18.9 Å². The molecule has 0 bridgehead atoms. The summed E-state index contributed by atoms with van der Waals surface area (Å²) in [6.07, 6.45) is 0. The number of nitrogens with one attached hydrogen (secondary N) is 1. The SMILES string of the molecule is C[Si](C)(C)C(C[NH-])[Si](C)(C)C.[Li+]. The van der Waals surface area contributed by atoms with Gasteiger partial charge in [0, 0.05) is 16.1 Å². The fourth-order valence-corrected chi connectivity index (χ4v) is 13.5. The molecule has 1 N–H and O–H groups in total. The second-order valence-electron chi connectivity index (χ2n) is 5.49. The van der Waals surface area contributed by atoms with Crippen molar-refractivity contribution in [2.75, 3.05) is 6.54 Å². The molecule has 0 aromatic rings. The van der Waals surface area contributed by atoms with Crippen molar-refractivity contribution in [3.8, 4) is 0 Å². The van der Waals surface area contributed by atoms with Crippen LogP contribution in [0, 0.1) is 0 Å².